The summed E-state index contributed by atoms with van der Waals surface area (Å²) in [5.41, 5.74) is 1.59. The number of Topliss-reactive ketones (excluding diaryl/α,β-unsaturated/α-hetero) is 1. The largest absolute Gasteiger partial charge is 0.302 e. The van der Waals surface area contributed by atoms with E-state index in [1.165, 1.54) is 11.8 Å². The van der Waals surface area contributed by atoms with Crippen LogP contribution in [0.4, 0.5) is 0 Å². The Morgan fingerprint density at radius 2 is 1.59 bits per heavy atom. The van der Waals surface area contributed by atoms with Crippen molar-refractivity contribution in [2.75, 3.05) is 5.75 Å². The molecule has 0 bridgehead atoms. The maximum Gasteiger partial charge on any atom is 0.191 e. The number of thioether (sulfide) groups is 1. The quantitative estimate of drug-likeness (QED) is 0.354. The lowest BCUT2D eigenvalue weighted by atomic mass is 10.1. The lowest BCUT2D eigenvalue weighted by Crippen LogP contribution is -2.09. The molecule has 0 unspecified atom stereocenters. The van der Waals surface area contributed by atoms with Gasteiger partial charge in [0.15, 0.2) is 16.8 Å². The minimum atomic E-state index is 0.0313. The first-order chi connectivity index (χ1) is 12.9. The second-order valence-corrected chi connectivity index (χ2v) is 8.35. The average molecular weight is 420 g/mol. The van der Waals surface area contributed by atoms with E-state index in [-0.39, 0.29) is 5.78 Å². The van der Waals surface area contributed by atoms with Crippen molar-refractivity contribution in [3.05, 3.63) is 64.1 Å². The molecule has 0 radical (unpaired) electrons. The van der Waals surface area contributed by atoms with E-state index in [1.807, 2.05) is 24.3 Å². The molecule has 3 rings (SSSR count). The van der Waals surface area contributed by atoms with Gasteiger partial charge in [0.05, 0.1) is 5.75 Å². The van der Waals surface area contributed by atoms with Gasteiger partial charge in [0.1, 0.15) is 0 Å². The minimum absolute atomic E-state index is 0.0313. The minimum Gasteiger partial charge on any atom is -0.302 e. The zero-order valence-electron chi connectivity index (χ0n) is 15.0. The molecule has 4 nitrogen and oxygen atoms in total. The lowest BCUT2D eigenvalue weighted by molar-refractivity contribution is 0.102. The van der Waals surface area contributed by atoms with Crippen LogP contribution in [0.3, 0.4) is 0 Å². The van der Waals surface area contributed by atoms with Gasteiger partial charge in [0.2, 0.25) is 0 Å². The molecular formula is C20H19Cl2N3OS. The molecule has 0 aliphatic carbocycles. The summed E-state index contributed by atoms with van der Waals surface area (Å²) in [6, 6.07) is 14.4. The Hall–Kier alpha value is -1.82. The normalized spacial score (nSPS) is 11.1. The summed E-state index contributed by atoms with van der Waals surface area (Å²) in [5.74, 6) is 1.52. The molecule has 27 heavy (non-hydrogen) atoms. The number of hydrogen-bond acceptors (Lipinski definition) is 4. The summed E-state index contributed by atoms with van der Waals surface area (Å²) < 4.78 is 2.06. The van der Waals surface area contributed by atoms with E-state index in [0.29, 0.717) is 27.3 Å². The van der Waals surface area contributed by atoms with E-state index in [1.54, 1.807) is 24.3 Å². The standard InChI is InChI=1S/C20H19Cl2N3OS/c1-13(2)11-25-19(15-5-9-17(22)10-6-15)23-24-20(25)27-12-18(26)14-3-7-16(21)8-4-14/h3-10,13H,11-12H2,1-2H3. The van der Waals surface area contributed by atoms with E-state index >= 15 is 0 Å². The topological polar surface area (TPSA) is 47.8 Å². The van der Waals surface area contributed by atoms with E-state index in [9.17, 15) is 4.79 Å². The zero-order chi connectivity index (χ0) is 19.4. The van der Waals surface area contributed by atoms with Gasteiger partial charge in [-0.1, -0.05) is 48.8 Å². The number of nitrogens with zero attached hydrogens (tertiary/aromatic N) is 3. The van der Waals surface area contributed by atoms with Crippen molar-refractivity contribution in [3.63, 3.8) is 0 Å². The average Bonchev–Trinajstić information content (AvgIpc) is 3.03. The van der Waals surface area contributed by atoms with Crippen molar-refractivity contribution in [1.82, 2.24) is 14.8 Å². The van der Waals surface area contributed by atoms with Crippen LogP contribution in [0.25, 0.3) is 11.4 Å². The predicted octanol–water partition coefficient (Wildman–Crippen LogP) is 5.88. The Balaban J connectivity index is 1.81. The van der Waals surface area contributed by atoms with Crippen molar-refractivity contribution in [2.45, 2.75) is 25.5 Å². The third-order valence-corrected chi connectivity index (χ3v) is 5.34. The van der Waals surface area contributed by atoms with Gasteiger partial charge in [-0.15, -0.1) is 10.2 Å². The van der Waals surface area contributed by atoms with Crippen LogP contribution in [0.15, 0.2) is 53.7 Å². The molecule has 0 atom stereocenters. The fourth-order valence-electron chi connectivity index (χ4n) is 2.59. The van der Waals surface area contributed by atoms with Crippen LogP contribution in [0, 0.1) is 5.92 Å². The Labute approximate surface area is 172 Å². The fraction of sp³-hybridized carbons (Fsp3) is 0.250. The van der Waals surface area contributed by atoms with Crippen LogP contribution in [0.5, 0.6) is 0 Å². The van der Waals surface area contributed by atoms with Crippen molar-refractivity contribution >= 4 is 40.7 Å². The van der Waals surface area contributed by atoms with Gasteiger partial charge in [0.25, 0.3) is 0 Å². The summed E-state index contributed by atoms with van der Waals surface area (Å²) in [4.78, 5) is 12.4. The number of carbonyl (C=O) groups excluding carboxylic acids is 1. The molecule has 0 spiro atoms. The van der Waals surface area contributed by atoms with Gasteiger partial charge in [-0.3, -0.25) is 4.79 Å². The van der Waals surface area contributed by atoms with Crippen molar-refractivity contribution in [3.8, 4) is 11.4 Å². The van der Waals surface area contributed by atoms with Gasteiger partial charge >= 0.3 is 0 Å². The number of halogens is 2. The Bertz CT molecular complexity index is 921. The first-order valence-corrected chi connectivity index (χ1v) is 10.3. The van der Waals surface area contributed by atoms with Gasteiger partial charge in [-0.25, -0.2) is 0 Å². The summed E-state index contributed by atoms with van der Waals surface area (Å²) in [6.45, 7) is 5.04. The molecule has 0 fully saturated rings. The maximum absolute atomic E-state index is 12.4. The number of benzene rings is 2. The smallest absolute Gasteiger partial charge is 0.191 e. The summed E-state index contributed by atoms with van der Waals surface area (Å²) in [7, 11) is 0. The number of rotatable bonds is 7. The number of ketones is 1. The van der Waals surface area contributed by atoms with E-state index < -0.39 is 0 Å². The van der Waals surface area contributed by atoms with E-state index in [2.05, 4.69) is 28.6 Å². The van der Waals surface area contributed by atoms with E-state index in [4.69, 9.17) is 23.2 Å². The molecule has 1 heterocycles. The Kier molecular flexibility index (Phi) is 6.58. The van der Waals surface area contributed by atoms with Gasteiger partial charge in [-0.05, 0) is 54.4 Å². The highest BCUT2D eigenvalue weighted by molar-refractivity contribution is 7.99. The first kappa shape index (κ1) is 19.9. The summed E-state index contributed by atoms with van der Waals surface area (Å²) in [5, 5.41) is 10.7. The van der Waals surface area contributed by atoms with Crippen molar-refractivity contribution in [1.29, 1.82) is 0 Å². The molecule has 3 aromatic rings. The molecule has 0 aliphatic rings. The van der Waals surface area contributed by atoms with Gasteiger partial charge in [0, 0.05) is 27.7 Å². The number of carbonyl (C=O) groups is 1. The SMILES string of the molecule is CC(C)Cn1c(SCC(=O)c2ccc(Cl)cc2)nnc1-c1ccc(Cl)cc1. The highest BCUT2D eigenvalue weighted by atomic mass is 35.5. The van der Waals surface area contributed by atoms with Gasteiger partial charge in [-0.2, -0.15) is 0 Å². The van der Waals surface area contributed by atoms with Crippen LogP contribution < -0.4 is 0 Å². The zero-order valence-corrected chi connectivity index (χ0v) is 17.4. The number of aromatic nitrogens is 3. The molecule has 7 heteroatoms. The van der Waals surface area contributed by atoms with Crippen LogP contribution in [-0.4, -0.2) is 26.3 Å². The molecular weight excluding hydrogens is 401 g/mol. The molecule has 0 saturated heterocycles. The predicted molar refractivity (Wildman–Crippen MR) is 112 cm³/mol. The lowest BCUT2D eigenvalue weighted by Gasteiger charge is -2.12. The molecule has 1 aromatic heterocycles. The molecule has 0 aliphatic heterocycles. The van der Waals surface area contributed by atoms with Crippen LogP contribution in [0.2, 0.25) is 10.0 Å². The van der Waals surface area contributed by atoms with Crippen molar-refractivity contribution < 1.29 is 4.79 Å². The third kappa shape index (κ3) is 5.12. The number of hydrogen-bond donors (Lipinski definition) is 0. The second kappa shape index (κ2) is 8.91. The van der Waals surface area contributed by atoms with E-state index in [0.717, 1.165) is 23.1 Å². The Morgan fingerprint density at radius 1 is 1.00 bits per heavy atom. The fourth-order valence-corrected chi connectivity index (χ4v) is 3.68. The highest BCUT2D eigenvalue weighted by Crippen LogP contribution is 2.26. The molecule has 140 valence electrons. The van der Waals surface area contributed by atoms with Crippen LogP contribution in [-0.2, 0) is 6.54 Å². The highest BCUT2D eigenvalue weighted by Gasteiger charge is 2.17. The first-order valence-electron chi connectivity index (χ1n) is 8.54. The van der Waals surface area contributed by atoms with Crippen LogP contribution in [0.1, 0.15) is 24.2 Å². The molecule has 0 amide bonds. The van der Waals surface area contributed by atoms with Crippen LogP contribution >= 0.6 is 35.0 Å². The van der Waals surface area contributed by atoms with Crippen molar-refractivity contribution in [2.24, 2.45) is 5.92 Å². The Morgan fingerprint density at radius 3 is 2.19 bits per heavy atom. The second-order valence-electron chi connectivity index (χ2n) is 6.54. The maximum atomic E-state index is 12.4. The van der Waals surface area contributed by atoms with Gasteiger partial charge < -0.3 is 4.57 Å². The summed E-state index contributed by atoms with van der Waals surface area (Å²) in [6.07, 6.45) is 0. The molecule has 0 N–H and O–H groups in total. The monoisotopic (exact) mass is 419 g/mol. The third-order valence-electron chi connectivity index (χ3n) is 3.87. The molecule has 0 saturated carbocycles. The summed E-state index contributed by atoms with van der Waals surface area (Å²) >= 11 is 13.3. The molecule has 2 aromatic carbocycles.